The van der Waals surface area contributed by atoms with Crippen LogP contribution in [0.3, 0.4) is 0 Å². The molecule has 1 aromatic heterocycles. The maximum Gasteiger partial charge on any atom is 0.162 e. The molecule has 1 N–H and O–H groups in total. The first-order chi connectivity index (χ1) is 9.38. The van der Waals surface area contributed by atoms with Gasteiger partial charge in [0, 0.05) is 25.8 Å². The molecule has 0 saturated carbocycles. The van der Waals surface area contributed by atoms with E-state index in [1.165, 1.54) is 0 Å². The molecule has 5 heteroatoms. The number of aromatic nitrogens is 1. The molecule has 0 aromatic carbocycles. The average Bonchev–Trinajstić information content (AvgIpc) is 2.88. The summed E-state index contributed by atoms with van der Waals surface area (Å²) in [7, 11) is 0. The van der Waals surface area contributed by atoms with Crippen LogP contribution >= 0.6 is 0 Å². The molecule has 108 valence electrons. The van der Waals surface area contributed by atoms with Crippen molar-refractivity contribution in [1.82, 2.24) is 10.5 Å². The quantitative estimate of drug-likeness (QED) is 0.732. The molecule has 5 nitrogen and oxygen atoms in total. The van der Waals surface area contributed by atoms with E-state index in [0.29, 0.717) is 12.5 Å². The van der Waals surface area contributed by atoms with Gasteiger partial charge in [0.15, 0.2) is 5.76 Å². The molecule has 0 unspecified atom stereocenters. The van der Waals surface area contributed by atoms with Gasteiger partial charge in [-0.2, -0.15) is 0 Å². The van der Waals surface area contributed by atoms with E-state index in [0.717, 1.165) is 63.6 Å². The van der Waals surface area contributed by atoms with Crippen molar-refractivity contribution in [3.63, 3.8) is 0 Å². The molecule has 0 bridgehead atoms. The zero-order chi connectivity index (χ0) is 13.3. The molecule has 19 heavy (non-hydrogen) atoms. The van der Waals surface area contributed by atoms with Crippen molar-refractivity contribution < 1.29 is 14.0 Å². The molecular weight excluding hydrogens is 244 g/mol. The molecule has 1 aromatic rings. The van der Waals surface area contributed by atoms with Crippen LogP contribution < -0.4 is 5.32 Å². The highest BCUT2D eigenvalue weighted by Gasteiger charge is 2.14. The van der Waals surface area contributed by atoms with E-state index in [1.807, 2.05) is 6.07 Å². The Bertz CT molecular complexity index is 348. The van der Waals surface area contributed by atoms with Crippen LogP contribution in [0.1, 0.15) is 37.6 Å². The first-order valence-electron chi connectivity index (χ1n) is 7.19. The van der Waals surface area contributed by atoms with Gasteiger partial charge in [0.25, 0.3) is 0 Å². The summed E-state index contributed by atoms with van der Waals surface area (Å²) in [6, 6.07) is 1.96. The second-order valence-corrected chi connectivity index (χ2v) is 5.03. The van der Waals surface area contributed by atoms with Crippen molar-refractivity contribution in [2.24, 2.45) is 5.92 Å². The second kappa shape index (κ2) is 8.30. The standard InChI is InChI=1S/C14H24N2O3/c1-2-5-15-9-13-8-14(19-16-13)11-18-10-12-3-6-17-7-4-12/h8,12,15H,2-7,9-11H2,1H3. The minimum absolute atomic E-state index is 0.512. The Kier molecular flexibility index (Phi) is 6.33. The Hall–Kier alpha value is -0.910. The number of nitrogens with zero attached hydrogens (tertiary/aromatic N) is 1. The molecule has 1 fully saturated rings. The van der Waals surface area contributed by atoms with Crippen LogP contribution in [0.4, 0.5) is 0 Å². The van der Waals surface area contributed by atoms with Gasteiger partial charge in [0.05, 0.1) is 12.3 Å². The highest BCUT2D eigenvalue weighted by atomic mass is 16.5. The van der Waals surface area contributed by atoms with Crippen LogP contribution in [0, 0.1) is 5.92 Å². The smallest absolute Gasteiger partial charge is 0.162 e. The molecule has 0 amide bonds. The van der Waals surface area contributed by atoms with Gasteiger partial charge in [-0.1, -0.05) is 12.1 Å². The topological polar surface area (TPSA) is 56.5 Å². The lowest BCUT2D eigenvalue weighted by Gasteiger charge is -2.21. The molecule has 0 aliphatic carbocycles. The summed E-state index contributed by atoms with van der Waals surface area (Å²) in [5.41, 5.74) is 0.943. The number of hydrogen-bond donors (Lipinski definition) is 1. The van der Waals surface area contributed by atoms with Crippen LogP contribution in [0.2, 0.25) is 0 Å². The van der Waals surface area contributed by atoms with Crippen LogP contribution in [0.25, 0.3) is 0 Å². The van der Waals surface area contributed by atoms with Crippen LogP contribution in [0.5, 0.6) is 0 Å². The van der Waals surface area contributed by atoms with Gasteiger partial charge in [-0.25, -0.2) is 0 Å². The van der Waals surface area contributed by atoms with E-state index >= 15 is 0 Å². The van der Waals surface area contributed by atoms with Gasteiger partial charge in [-0.05, 0) is 31.7 Å². The van der Waals surface area contributed by atoms with Crippen molar-refractivity contribution >= 4 is 0 Å². The number of nitrogens with one attached hydrogen (secondary N) is 1. The third-order valence-electron chi connectivity index (χ3n) is 3.28. The van der Waals surface area contributed by atoms with Crippen LogP contribution in [-0.2, 0) is 22.6 Å². The average molecular weight is 268 g/mol. The summed E-state index contributed by atoms with van der Waals surface area (Å²) in [6.07, 6.45) is 3.32. The lowest BCUT2D eigenvalue weighted by atomic mass is 10.0. The first-order valence-corrected chi connectivity index (χ1v) is 7.19. The maximum absolute atomic E-state index is 5.69. The molecular formula is C14H24N2O3. The minimum Gasteiger partial charge on any atom is -0.381 e. The second-order valence-electron chi connectivity index (χ2n) is 5.03. The van der Waals surface area contributed by atoms with Crippen molar-refractivity contribution in [1.29, 1.82) is 0 Å². The zero-order valence-corrected chi connectivity index (χ0v) is 11.7. The first kappa shape index (κ1) is 14.5. The van der Waals surface area contributed by atoms with Gasteiger partial charge in [0.2, 0.25) is 0 Å². The fourth-order valence-corrected chi connectivity index (χ4v) is 2.14. The molecule has 1 aliphatic heterocycles. The Morgan fingerprint density at radius 2 is 2.26 bits per heavy atom. The van der Waals surface area contributed by atoms with E-state index in [4.69, 9.17) is 14.0 Å². The van der Waals surface area contributed by atoms with E-state index in [1.54, 1.807) is 0 Å². The molecule has 0 radical (unpaired) electrons. The van der Waals surface area contributed by atoms with Crippen molar-refractivity contribution in [2.75, 3.05) is 26.4 Å². The Morgan fingerprint density at radius 1 is 1.42 bits per heavy atom. The third kappa shape index (κ3) is 5.30. The summed E-state index contributed by atoms with van der Waals surface area (Å²) < 4.78 is 16.3. The summed E-state index contributed by atoms with van der Waals surface area (Å²) in [6.45, 7) is 6.93. The largest absolute Gasteiger partial charge is 0.381 e. The SMILES string of the molecule is CCCNCc1cc(COCC2CCOCC2)on1. The highest BCUT2D eigenvalue weighted by molar-refractivity contribution is 5.04. The predicted octanol–water partition coefficient (Wildman–Crippen LogP) is 2.12. The highest BCUT2D eigenvalue weighted by Crippen LogP contribution is 2.15. The Balaban J connectivity index is 1.62. The summed E-state index contributed by atoms with van der Waals surface area (Å²) in [5.74, 6) is 1.43. The van der Waals surface area contributed by atoms with Gasteiger partial charge in [0.1, 0.15) is 6.61 Å². The monoisotopic (exact) mass is 268 g/mol. The summed E-state index contributed by atoms with van der Waals surface area (Å²) in [4.78, 5) is 0. The lowest BCUT2D eigenvalue weighted by Crippen LogP contribution is -2.20. The van der Waals surface area contributed by atoms with E-state index in [-0.39, 0.29) is 0 Å². The number of ether oxygens (including phenoxy) is 2. The van der Waals surface area contributed by atoms with Gasteiger partial charge in [-0.3, -0.25) is 0 Å². The van der Waals surface area contributed by atoms with Gasteiger partial charge < -0.3 is 19.3 Å². The maximum atomic E-state index is 5.69. The summed E-state index contributed by atoms with van der Waals surface area (Å²) >= 11 is 0. The normalized spacial score (nSPS) is 16.9. The molecule has 2 heterocycles. The van der Waals surface area contributed by atoms with Gasteiger partial charge >= 0.3 is 0 Å². The van der Waals surface area contributed by atoms with Crippen LogP contribution in [0.15, 0.2) is 10.6 Å². The fraction of sp³-hybridized carbons (Fsp3) is 0.786. The van der Waals surface area contributed by atoms with E-state index < -0.39 is 0 Å². The van der Waals surface area contributed by atoms with Crippen molar-refractivity contribution in [3.05, 3.63) is 17.5 Å². The lowest BCUT2D eigenvalue weighted by molar-refractivity contribution is 0.0109. The van der Waals surface area contributed by atoms with Crippen LogP contribution in [-0.4, -0.2) is 31.5 Å². The molecule has 2 rings (SSSR count). The van der Waals surface area contributed by atoms with Crippen molar-refractivity contribution in [2.45, 2.75) is 39.3 Å². The molecule has 1 aliphatic rings. The van der Waals surface area contributed by atoms with E-state index in [2.05, 4.69) is 17.4 Å². The van der Waals surface area contributed by atoms with Gasteiger partial charge in [-0.15, -0.1) is 0 Å². The minimum atomic E-state index is 0.512. The molecule has 0 spiro atoms. The summed E-state index contributed by atoms with van der Waals surface area (Å²) in [5, 5.41) is 7.31. The fourth-order valence-electron chi connectivity index (χ4n) is 2.14. The number of rotatable bonds is 8. The third-order valence-corrected chi connectivity index (χ3v) is 3.28. The predicted molar refractivity (Wildman–Crippen MR) is 71.7 cm³/mol. The number of hydrogen-bond acceptors (Lipinski definition) is 5. The molecule has 0 atom stereocenters. The zero-order valence-electron chi connectivity index (χ0n) is 11.7. The molecule has 1 saturated heterocycles. The Morgan fingerprint density at radius 3 is 3.05 bits per heavy atom. The van der Waals surface area contributed by atoms with E-state index in [9.17, 15) is 0 Å². The Labute approximate surface area is 114 Å². The van der Waals surface area contributed by atoms with Crippen molar-refractivity contribution in [3.8, 4) is 0 Å².